The predicted molar refractivity (Wildman–Crippen MR) is 155 cm³/mol. The minimum absolute atomic E-state index is 0.543. The molecule has 0 fully saturated rings. The van der Waals surface area contributed by atoms with Crippen LogP contribution in [0, 0.1) is 0 Å². The van der Waals surface area contributed by atoms with Gasteiger partial charge >= 0.3 is 0 Å². The Balaban J connectivity index is 1.32. The molecule has 8 bridgehead atoms. The van der Waals surface area contributed by atoms with Crippen molar-refractivity contribution in [1.82, 2.24) is 19.9 Å². The number of H-pyrrole nitrogens is 2. The van der Waals surface area contributed by atoms with Crippen LogP contribution in [0.4, 0.5) is 0 Å². The molecule has 2 aliphatic rings. The van der Waals surface area contributed by atoms with Crippen LogP contribution in [0.1, 0.15) is 28.3 Å². The van der Waals surface area contributed by atoms with Crippen LogP contribution in [0.25, 0.3) is 57.5 Å². The largest absolute Gasteiger partial charge is 0.489 e. The highest BCUT2D eigenvalue weighted by atomic mass is 16.5. The van der Waals surface area contributed by atoms with Gasteiger partial charge in [-0.15, -0.1) is 0 Å². The van der Waals surface area contributed by atoms with Crippen LogP contribution in [0.3, 0.4) is 0 Å². The van der Waals surface area contributed by atoms with Crippen molar-refractivity contribution in [3.8, 4) is 16.9 Å². The second-order valence-corrected chi connectivity index (χ2v) is 9.39. The maximum Gasteiger partial charge on any atom is 0.119 e. The zero-order valence-electron chi connectivity index (χ0n) is 20.6. The molecule has 5 heterocycles. The van der Waals surface area contributed by atoms with Gasteiger partial charge in [0.15, 0.2) is 0 Å². The SMILES string of the molecule is C1=Cc2cc3ccc(cc4cc(-c5ccc(OCc6ccccc6)cc5)c(cc5nc(cc1n2)C=C5)[nH]4)[nH]3. The third-order valence-corrected chi connectivity index (χ3v) is 6.58. The van der Waals surface area contributed by atoms with Crippen molar-refractivity contribution in [3.63, 3.8) is 0 Å². The number of ether oxygens (including phenoxy) is 1. The molecule has 5 aromatic rings. The van der Waals surface area contributed by atoms with Gasteiger partial charge in [0.25, 0.3) is 0 Å². The molecule has 0 spiro atoms. The van der Waals surface area contributed by atoms with E-state index in [9.17, 15) is 0 Å². The van der Waals surface area contributed by atoms with Gasteiger partial charge in [-0.2, -0.15) is 0 Å². The molecule has 7 rings (SSSR count). The summed E-state index contributed by atoms with van der Waals surface area (Å²) < 4.78 is 6.00. The Morgan fingerprint density at radius 1 is 0.553 bits per heavy atom. The van der Waals surface area contributed by atoms with Gasteiger partial charge in [0.2, 0.25) is 0 Å². The van der Waals surface area contributed by atoms with E-state index >= 15 is 0 Å². The van der Waals surface area contributed by atoms with Crippen molar-refractivity contribution in [3.05, 3.63) is 125 Å². The van der Waals surface area contributed by atoms with E-state index in [1.165, 1.54) is 0 Å². The van der Waals surface area contributed by atoms with Crippen LogP contribution >= 0.6 is 0 Å². The van der Waals surface area contributed by atoms with Crippen molar-refractivity contribution >= 4 is 46.4 Å². The van der Waals surface area contributed by atoms with Gasteiger partial charge in [-0.25, -0.2) is 9.97 Å². The zero-order chi connectivity index (χ0) is 25.3. The van der Waals surface area contributed by atoms with E-state index < -0.39 is 0 Å². The van der Waals surface area contributed by atoms with E-state index in [1.807, 2.05) is 66.8 Å². The number of fused-ring (bicyclic) bond motifs is 8. The van der Waals surface area contributed by atoms with Gasteiger partial charge in [-0.1, -0.05) is 42.5 Å². The molecule has 0 saturated heterocycles. The van der Waals surface area contributed by atoms with E-state index in [2.05, 4.69) is 64.6 Å². The Morgan fingerprint density at radius 3 is 1.95 bits per heavy atom. The number of nitrogens with one attached hydrogen (secondary N) is 2. The minimum atomic E-state index is 0.543. The molecule has 2 N–H and O–H groups in total. The van der Waals surface area contributed by atoms with E-state index in [0.29, 0.717) is 6.61 Å². The van der Waals surface area contributed by atoms with Gasteiger partial charge < -0.3 is 14.7 Å². The number of nitrogens with zero attached hydrogens (tertiary/aromatic N) is 2. The Morgan fingerprint density at radius 2 is 1.21 bits per heavy atom. The number of aromatic nitrogens is 4. The molecule has 0 aliphatic carbocycles. The molecule has 0 amide bonds. The van der Waals surface area contributed by atoms with Crippen molar-refractivity contribution in [2.24, 2.45) is 0 Å². The number of benzene rings is 2. The standard InChI is InChI=1S/C33H24N4O/c1-2-4-22(5-3-1)21-38-31-14-6-23(7-15-31)32-19-30-18-28-11-10-26(35-28)16-24-8-9-25(34-24)17-27-12-13-29(36-27)20-33(32)37-30/h1-20,35,37H,21H2. The van der Waals surface area contributed by atoms with Gasteiger partial charge in [-0.05, 0) is 90.0 Å². The molecular formula is C33H24N4O. The van der Waals surface area contributed by atoms with Crippen LogP contribution in [-0.4, -0.2) is 19.9 Å². The molecule has 38 heavy (non-hydrogen) atoms. The summed E-state index contributed by atoms with van der Waals surface area (Å²) in [4.78, 5) is 16.6. The van der Waals surface area contributed by atoms with Crippen molar-refractivity contribution in [2.75, 3.05) is 0 Å². The summed E-state index contributed by atoms with van der Waals surface area (Å²) in [5, 5.41) is 0. The molecule has 5 nitrogen and oxygen atoms in total. The molecule has 0 saturated carbocycles. The quantitative estimate of drug-likeness (QED) is 0.262. The minimum Gasteiger partial charge on any atom is -0.489 e. The van der Waals surface area contributed by atoms with Crippen LogP contribution < -0.4 is 4.74 Å². The van der Waals surface area contributed by atoms with Crippen molar-refractivity contribution in [2.45, 2.75) is 6.61 Å². The first-order valence-electron chi connectivity index (χ1n) is 12.6. The molecule has 2 aliphatic heterocycles. The summed E-state index contributed by atoms with van der Waals surface area (Å²) in [5.41, 5.74) is 10.9. The van der Waals surface area contributed by atoms with Crippen LogP contribution in [0.2, 0.25) is 0 Å². The second-order valence-electron chi connectivity index (χ2n) is 9.39. The third-order valence-electron chi connectivity index (χ3n) is 6.58. The monoisotopic (exact) mass is 492 g/mol. The first kappa shape index (κ1) is 22.1. The lowest BCUT2D eigenvalue weighted by Gasteiger charge is -2.07. The summed E-state index contributed by atoms with van der Waals surface area (Å²) in [6, 6.07) is 33.0. The Kier molecular flexibility index (Phi) is 5.44. The lowest BCUT2D eigenvalue weighted by Crippen LogP contribution is -1.94. The highest BCUT2D eigenvalue weighted by Crippen LogP contribution is 2.29. The normalized spacial score (nSPS) is 12.1. The average molecular weight is 493 g/mol. The highest BCUT2D eigenvalue weighted by Gasteiger charge is 2.08. The van der Waals surface area contributed by atoms with E-state index in [4.69, 9.17) is 14.7 Å². The van der Waals surface area contributed by atoms with Gasteiger partial charge in [0.05, 0.1) is 22.8 Å². The number of aromatic amines is 2. The fourth-order valence-electron chi connectivity index (χ4n) is 4.73. The summed E-state index contributed by atoms with van der Waals surface area (Å²) in [5.74, 6) is 0.841. The number of rotatable bonds is 4. The first-order chi connectivity index (χ1) is 18.7. The van der Waals surface area contributed by atoms with E-state index in [0.717, 1.165) is 67.3 Å². The average Bonchev–Trinajstić information content (AvgIpc) is 3.74. The van der Waals surface area contributed by atoms with Gasteiger partial charge in [-0.3, -0.25) is 0 Å². The Hall–Kier alpha value is -5.16. The van der Waals surface area contributed by atoms with Crippen LogP contribution in [0.15, 0.2) is 97.1 Å². The molecule has 182 valence electrons. The maximum atomic E-state index is 6.00. The Labute approximate surface area is 219 Å². The molecule has 0 atom stereocenters. The predicted octanol–water partition coefficient (Wildman–Crippen LogP) is 7.90. The van der Waals surface area contributed by atoms with Gasteiger partial charge in [0.1, 0.15) is 12.4 Å². The number of hydrogen-bond donors (Lipinski definition) is 2. The van der Waals surface area contributed by atoms with E-state index in [1.54, 1.807) is 0 Å². The maximum absolute atomic E-state index is 6.00. The summed E-state index contributed by atoms with van der Waals surface area (Å²) in [7, 11) is 0. The fourth-order valence-corrected chi connectivity index (χ4v) is 4.73. The number of hydrogen-bond acceptors (Lipinski definition) is 3. The molecule has 0 unspecified atom stereocenters. The van der Waals surface area contributed by atoms with E-state index in [-0.39, 0.29) is 0 Å². The highest BCUT2D eigenvalue weighted by molar-refractivity contribution is 5.88. The first-order valence-corrected chi connectivity index (χ1v) is 12.6. The lowest BCUT2D eigenvalue weighted by molar-refractivity contribution is 0.306. The van der Waals surface area contributed by atoms with Crippen LogP contribution in [-0.2, 0) is 6.61 Å². The lowest BCUT2D eigenvalue weighted by atomic mass is 10.1. The molecular weight excluding hydrogens is 468 g/mol. The Bertz CT molecular complexity index is 1860. The smallest absolute Gasteiger partial charge is 0.119 e. The molecule has 2 aromatic carbocycles. The summed E-state index contributed by atoms with van der Waals surface area (Å²) >= 11 is 0. The van der Waals surface area contributed by atoms with Crippen molar-refractivity contribution < 1.29 is 4.74 Å². The summed E-state index contributed by atoms with van der Waals surface area (Å²) in [6.07, 6.45) is 8.09. The third kappa shape index (κ3) is 4.65. The fraction of sp³-hybridized carbons (Fsp3) is 0.0303. The summed E-state index contributed by atoms with van der Waals surface area (Å²) in [6.45, 7) is 0.543. The van der Waals surface area contributed by atoms with Crippen molar-refractivity contribution in [1.29, 1.82) is 0 Å². The molecule has 5 heteroatoms. The molecule has 3 aromatic heterocycles. The van der Waals surface area contributed by atoms with Gasteiger partial charge in [0, 0.05) is 27.6 Å². The molecule has 0 radical (unpaired) electrons. The second kappa shape index (κ2) is 9.37. The topological polar surface area (TPSA) is 66.6 Å². The van der Waals surface area contributed by atoms with Crippen LogP contribution in [0.5, 0.6) is 5.75 Å². The zero-order valence-corrected chi connectivity index (χ0v) is 20.6.